The summed E-state index contributed by atoms with van der Waals surface area (Å²) in [4.78, 5) is 0. The molecule has 0 heterocycles. The van der Waals surface area contributed by atoms with Gasteiger partial charge in [0.05, 0.1) is 12.2 Å². The monoisotopic (exact) mass is 316 g/mol. The van der Waals surface area contributed by atoms with Crippen LogP contribution in [0.4, 0.5) is 0 Å². The molecule has 0 bridgehead atoms. The highest BCUT2D eigenvalue weighted by Gasteiger charge is 2.32. The zero-order valence-electron chi connectivity index (χ0n) is 13.2. The summed E-state index contributed by atoms with van der Waals surface area (Å²) in [5.41, 5.74) is 2.41. The molecular formula is C20H25ClO. The molecule has 1 saturated carbocycles. The van der Waals surface area contributed by atoms with Gasteiger partial charge in [-0.1, -0.05) is 67.7 Å². The SMILES string of the molecule is C=C(CCc1ccccc1)COC1(CC#CCl)CCCCC1. The molecule has 0 aliphatic heterocycles. The Bertz CT molecular complexity index is 518. The third kappa shape index (κ3) is 5.52. The molecule has 1 fully saturated rings. The summed E-state index contributed by atoms with van der Waals surface area (Å²) < 4.78 is 6.26. The summed E-state index contributed by atoms with van der Waals surface area (Å²) in [6.45, 7) is 4.81. The van der Waals surface area contributed by atoms with Gasteiger partial charge in [-0.2, -0.15) is 0 Å². The number of hydrogen-bond acceptors (Lipinski definition) is 1. The van der Waals surface area contributed by atoms with E-state index < -0.39 is 0 Å². The number of rotatable bonds is 7. The van der Waals surface area contributed by atoms with Gasteiger partial charge in [0, 0.05) is 11.8 Å². The van der Waals surface area contributed by atoms with Crippen LogP contribution in [0.15, 0.2) is 42.5 Å². The topological polar surface area (TPSA) is 9.23 Å². The van der Waals surface area contributed by atoms with Crippen LogP contribution >= 0.6 is 11.6 Å². The van der Waals surface area contributed by atoms with Crippen LogP contribution in [-0.4, -0.2) is 12.2 Å². The van der Waals surface area contributed by atoms with Crippen LogP contribution in [0, 0.1) is 11.3 Å². The molecule has 1 nitrogen and oxygen atoms in total. The van der Waals surface area contributed by atoms with Crippen LogP contribution in [0.3, 0.4) is 0 Å². The van der Waals surface area contributed by atoms with E-state index in [1.807, 2.05) is 6.07 Å². The van der Waals surface area contributed by atoms with Crippen LogP contribution in [0.2, 0.25) is 0 Å². The molecule has 2 heteroatoms. The van der Waals surface area contributed by atoms with Gasteiger partial charge in [0.2, 0.25) is 0 Å². The van der Waals surface area contributed by atoms with Crippen molar-refractivity contribution >= 4 is 11.6 Å². The summed E-state index contributed by atoms with van der Waals surface area (Å²) >= 11 is 5.53. The van der Waals surface area contributed by atoms with Crippen LogP contribution in [0.25, 0.3) is 0 Å². The van der Waals surface area contributed by atoms with E-state index >= 15 is 0 Å². The molecule has 0 aromatic heterocycles. The Morgan fingerprint density at radius 1 is 1.18 bits per heavy atom. The third-order valence-corrected chi connectivity index (χ3v) is 4.57. The molecule has 118 valence electrons. The number of benzene rings is 1. The molecule has 1 aliphatic rings. The Morgan fingerprint density at radius 3 is 2.59 bits per heavy atom. The molecule has 1 aromatic carbocycles. The van der Waals surface area contributed by atoms with Crippen LogP contribution in [-0.2, 0) is 11.2 Å². The molecule has 0 N–H and O–H groups in total. The van der Waals surface area contributed by atoms with E-state index in [1.165, 1.54) is 24.8 Å². The zero-order chi connectivity index (χ0) is 15.7. The van der Waals surface area contributed by atoms with Gasteiger partial charge < -0.3 is 4.74 Å². The molecule has 0 radical (unpaired) electrons. The van der Waals surface area contributed by atoms with Crippen molar-refractivity contribution in [3.63, 3.8) is 0 Å². The average Bonchev–Trinajstić information content (AvgIpc) is 2.58. The van der Waals surface area contributed by atoms with Crippen molar-refractivity contribution in [2.45, 2.75) is 57.0 Å². The van der Waals surface area contributed by atoms with E-state index in [4.69, 9.17) is 16.3 Å². The first-order chi connectivity index (χ1) is 10.7. The lowest BCUT2D eigenvalue weighted by molar-refractivity contribution is -0.0567. The lowest BCUT2D eigenvalue weighted by Crippen LogP contribution is -2.35. The van der Waals surface area contributed by atoms with Gasteiger partial charge in [-0.15, -0.1) is 0 Å². The van der Waals surface area contributed by atoms with Crippen molar-refractivity contribution in [3.05, 3.63) is 48.0 Å². The van der Waals surface area contributed by atoms with Crippen molar-refractivity contribution in [3.8, 4) is 11.3 Å². The predicted octanol–water partition coefficient (Wildman–Crippen LogP) is 5.48. The first kappa shape index (κ1) is 17.1. The Hall–Kier alpha value is -1.23. The highest BCUT2D eigenvalue weighted by atomic mass is 35.5. The normalized spacial score (nSPS) is 16.6. The highest BCUT2D eigenvalue weighted by Crippen LogP contribution is 2.34. The summed E-state index contributed by atoms with van der Waals surface area (Å²) in [6, 6.07) is 10.5. The minimum atomic E-state index is -0.101. The number of hydrogen-bond donors (Lipinski definition) is 0. The Balaban J connectivity index is 1.80. The fourth-order valence-electron chi connectivity index (χ4n) is 3.06. The van der Waals surface area contributed by atoms with Crippen molar-refractivity contribution in [1.82, 2.24) is 0 Å². The quantitative estimate of drug-likeness (QED) is 0.478. The van der Waals surface area contributed by atoms with Crippen molar-refractivity contribution < 1.29 is 4.74 Å². The van der Waals surface area contributed by atoms with E-state index in [0.717, 1.165) is 37.7 Å². The fraction of sp³-hybridized carbons (Fsp3) is 0.500. The second-order valence-corrected chi connectivity index (χ2v) is 6.40. The summed E-state index contributed by atoms with van der Waals surface area (Å²) in [5, 5.41) is 2.49. The second kappa shape index (κ2) is 9.03. The molecule has 0 unspecified atom stereocenters. The summed E-state index contributed by atoms with van der Waals surface area (Å²) in [5.74, 6) is 3.00. The van der Waals surface area contributed by atoms with Crippen LogP contribution in [0.5, 0.6) is 0 Å². The molecule has 0 amide bonds. The standard InChI is InChI=1S/C20H25ClO/c1-18(11-12-19-9-4-2-5-10-19)17-22-20(15-8-16-21)13-6-3-7-14-20/h2,4-5,9-10H,1,3,6-7,11-15,17H2. The molecule has 0 spiro atoms. The molecule has 0 atom stereocenters. The van der Waals surface area contributed by atoms with Crippen molar-refractivity contribution in [2.75, 3.05) is 6.61 Å². The van der Waals surface area contributed by atoms with Crippen LogP contribution in [0.1, 0.15) is 50.5 Å². The Morgan fingerprint density at radius 2 is 1.91 bits per heavy atom. The number of ether oxygens (including phenoxy) is 1. The lowest BCUT2D eigenvalue weighted by Gasteiger charge is -2.36. The molecular weight excluding hydrogens is 292 g/mol. The van der Waals surface area contributed by atoms with E-state index in [0.29, 0.717) is 6.61 Å². The van der Waals surface area contributed by atoms with E-state index in [1.54, 1.807) is 0 Å². The maximum Gasteiger partial charge on any atom is 0.0796 e. The van der Waals surface area contributed by atoms with E-state index in [-0.39, 0.29) is 5.60 Å². The third-order valence-electron chi connectivity index (χ3n) is 4.43. The van der Waals surface area contributed by atoms with Crippen molar-refractivity contribution in [2.24, 2.45) is 0 Å². The van der Waals surface area contributed by atoms with Gasteiger partial charge in [-0.05, 0) is 42.8 Å². The summed E-state index contributed by atoms with van der Waals surface area (Å²) in [6.07, 6.45) is 8.66. The molecule has 0 saturated heterocycles. The second-order valence-electron chi connectivity index (χ2n) is 6.22. The van der Waals surface area contributed by atoms with Gasteiger partial charge >= 0.3 is 0 Å². The number of aryl methyl sites for hydroxylation is 1. The largest absolute Gasteiger partial charge is 0.370 e. The lowest BCUT2D eigenvalue weighted by atomic mass is 9.82. The van der Waals surface area contributed by atoms with Gasteiger partial charge in [-0.3, -0.25) is 0 Å². The molecule has 1 aliphatic carbocycles. The van der Waals surface area contributed by atoms with Gasteiger partial charge in [0.15, 0.2) is 0 Å². The van der Waals surface area contributed by atoms with Crippen LogP contribution < -0.4 is 0 Å². The zero-order valence-corrected chi connectivity index (χ0v) is 14.0. The first-order valence-electron chi connectivity index (χ1n) is 8.17. The molecule has 2 rings (SSSR count). The van der Waals surface area contributed by atoms with Gasteiger partial charge in [0.1, 0.15) is 0 Å². The van der Waals surface area contributed by atoms with Gasteiger partial charge in [-0.25, -0.2) is 0 Å². The predicted molar refractivity (Wildman–Crippen MR) is 93.9 cm³/mol. The Kier molecular flexibility index (Phi) is 7.03. The van der Waals surface area contributed by atoms with Gasteiger partial charge in [0.25, 0.3) is 0 Å². The highest BCUT2D eigenvalue weighted by molar-refractivity contribution is 6.30. The Labute approximate surface area is 139 Å². The molecule has 22 heavy (non-hydrogen) atoms. The average molecular weight is 317 g/mol. The first-order valence-corrected chi connectivity index (χ1v) is 8.55. The maximum atomic E-state index is 6.26. The molecule has 1 aromatic rings. The minimum absolute atomic E-state index is 0.101. The van der Waals surface area contributed by atoms with E-state index in [2.05, 4.69) is 42.1 Å². The maximum absolute atomic E-state index is 6.26. The van der Waals surface area contributed by atoms with E-state index in [9.17, 15) is 0 Å². The smallest absolute Gasteiger partial charge is 0.0796 e. The van der Waals surface area contributed by atoms with Crippen molar-refractivity contribution in [1.29, 1.82) is 0 Å². The summed E-state index contributed by atoms with van der Waals surface area (Å²) in [7, 11) is 0. The minimum Gasteiger partial charge on any atom is -0.370 e. The fourth-order valence-corrected chi connectivity index (χ4v) is 3.12. The number of halogens is 1.